The van der Waals surface area contributed by atoms with E-state index in [1.54, 1.807) is 6.92 Å². The number of carbonyl (C=O) groups excluding carboxylic acids is 1. The number of hydrogen-bond acceptors (Lipinski definition) is 4. The lowest BCUT2D eigenvalue weighted by Gasteiger charge is -2.35. The second kappa shape index (κ2) is 6.93. The number of rotatable bonds is 4. The number of benzene rings is 1. The van der Waals surface area contributed by atoms with Crippen molar-refractivity contribution in [2.45, 2.75) is 28.9 Å². The smallest absolute Gasteiger partial charge is 0.406 e. The predicted molar refractivity (Wildman–Crippen MR) is 95.6 cm³/mol. The van der Waals surface area contributed by atoms with Gasteiger partial charge in [-0.1, -0.05) is 0 Å². The van der Waals surface area contributed by atoms with Gasteiger partial charge in [-0.2, -0.15) is 4.31 Å². The molecule has 1 amide bonds. The Bertz CT molecular complexity index is 869. The van der Waals surface area contributed by atoms with E-state index in [4.69, 9.17) is 23.2 Å². The summed E-state index contributed by atoms with van der Waals surface area (Å²) >= 11 is 12.1. The highest BCUT2D eigenvalue weighted by atomic mass is 35.5. The van der Waals surface area contributed by atoms with E-state index in [1.807, 2.05) is 0 Å². The Balaban J connectivity index is 1.64. The molecule has 12 heteroatoms. The molecule has 2 aliphatic rings. The molecule has 1 unspecified atom stereocenters. The van der Waals surface area contributed by atoms with Gasteiger partial charge in [0.1, 0.15) is 10.1 Å². The fourth-order valence-electron chi connectivity index (χ4n) is 3.07. The molecule has 0 aromatic heterocycles. The lowest BCUT2D eigenvalue weighted by Crippen LogP contribution is -2.52. The van der Waals surface area contributed by atoms with Crippen LogP contribution in [0.15, 0.2) is 29.2 Å². The van der Waals surface area contributed by atoms with Crippen molar-refractivity contribution in [2.75, 3.05) is 26.2 Å². The van der Waals surface area contributed by atoms with Gasteiger partial charge in [0.2, 0.25) is 15.9 Å². The zero-order valence-electron chi connectivity index (χ0n) is 14.7. The quantitative estimate of drug-likeness (QED) is 0.647. The van der Waals surface area contributed by atoms with Crippen molar-refractivity contribution in [1.82, 2.24) is 9.21 Å². The number of piperazine rings is 1. The van der Waals surface area contributed by atoms with Crippen molar-refractivity contribution >= 4 is 39.1 Å². The summed E-state index contributed by atoms with van der Waals surface area (Å²) in [7, 11) is -3.91. The van der Waals surface area contributed by atoms with Crippen LogP contribution in [0.2, 0.25) is 0 Å². The van der Waals surface area contributed by atoms with Crippen LogP contribution in [-0.2, 0) is 14.8 Å². The molecule has 1 heterocycles. The first-order valence-electron chi connectivity index (χ1n) is 8.29. The van der Waals surface area contributed by atoms with Gasteiger partial charge < -0.3 is 9.64 Å². The Morgan fingerprint density at radius 2 is 1.61 bits per heavy atom. The topological polar surface area (TPSA) is 66.9 Å². The van der Waals surface area contributed by atoms with Gasteiger partial charge in [-0.3, -0.25) is 4.79 Å². The first kappa shape index (κ1) is 21.5. The molecular weight excluding hydrogens is 444 g/mol. The van der Waals surface area contributed by atoms with Crippen LogP contribution in [0.25, 0.3) is 0 Å². The minimum atomic E-state index is -4.86. The monoisotopic (exact) mass is 460 g/mol. The highest BCUT2D eigenvalue weighted by Crippen LogP contribution is 2.64. The molecule has 0 radical (unpaired) electrons. The first-order valence-corrected chi connectivity index (χ1v) is 10.5. The molecule has 6 nitrogen and oxygen atoms in total. The van der Waals surface area contributed by atoms with Gasteiger partial charge >= 0.3 is 6.36 Å². The lowest BCUT2D eigenvalue weighted by molar-refractivity contribution is -0.274. The zero-order valence-corrected chi connectivity index (χ0v) is 17.0. The van der Waals surface area contributed by atoms with Crippen LogP contribution in [0.4, 0.5) is 13.2 Å². The van der Waals surface area contributed by atoms with E-state index in [1.165, 1.54) is 9.21 Å². The average molecular weight is 461 g/mol. The number of halogens is 5. The van der Waals surface area contributed by atoms with Crippen LogP contribution < -0.4 is 4.74 Å². The normalized spacial score (nSPS) is 25.4. The minimum absolute atomic E-state index is 0.0581. The third-order valence-electron chi connectivity index (χ3n) is 4.95. The van der Waals surface area contributed by atoms with Gasteiger partial charge in [0.05, 0.1) is 10.3 Å². The lowest BCUT2D eigenvalue weighted by atomic mass is 10.1. The third-order valence-corrected chi connectivity index (χ3v) is 7.97. The Kier molecular flexibility index (Phi) is 5.31. The molecule has 1 aromatic rings. The maximum Gasteiger partial charge on any atom is 0.573 e. The molecule has 1 aliphatic heterocycles. The molecule has 0 bridgehead atoms. The van der Waals surface area contributed by atoms with Crippen molar-refractivity contribution in [3.8, 4) is 5.75 Å². The fourth-order valence-corrected chi connectivity index (χ4v) is 5.19. The van der Waals surface area contributed by atoms with Crippen molar-refractivity contribution < 1.29 is 31.1 Å². The maximum atomic E-state index is 12.7. The van der Waals surface area contributed by atoms with Gasteiger partial charge in [-0.25, -0.2) is 8.42 Å². The molecule has 156 valence electrons. The molecule has 1 saturated heterocycles. The molecule has 28 heavy (non-hydrogen) atoms. The van der Waals surface area contributed by atoms with E-state index in [0.29, 0.717) is 6.42 Å². The van der Waals surface area contributed by atoms with Crippen molar-refractivity contribution in [1.29, 1.82) is 0 Å². The van der Waals surface area contributed by atoms with Crippen molar-refractivity contribution in [3.05, 3.63) is 24.3 Å². The molecule has 0 N–H and O–H groups in total. The van der Waals surface area contributed by atoms with Crippen LogP contribution >= 0.6 is 23.2 Å². The summed E-state index contributed by atoms with van der Waals surface area (Å²) in [6.07, 6.45) is -4.52. The number of nitrogens with zero attached hydrogens (tertiary/aromatic N) is 2. The molecule has 1 atom stereocenters. The summed E-state index contributed by atoms with van der Waals surface area (Å²) in [4.78, 5) is 13.9. The van der Waals surface area contributed by atoms with E-state index >= 15 is 0 Å². The van der Waals surface area contributed by atoms with Crippen LogP contribution in [0, 0.1) is 5.41 Å². The van der Waals surface area contributed by atoms with Crippen LogP contribution in [0.3, 0.4) is 0 Å². The van der Waals surface area contributed by atoms with Gasteiger partial charge in [0.15, 0.2) is 0 Å². The Hall–Kier alpha value is -1.23. The van der Waals surface area contributed by atoms with Crippen LogP contribution in [0.5, 0.6) is 5.75 Å². The Morgan fingerprint density at radius 3 is 2.04 bits per heavy atom. The second-order valence-electron chi connectivity index (χ2n) is 6.93. The summed E-state index contributed by atoms with van der Waals surface area (Å²) < 4.78 is 65.8. The molecule has 0 spiro atoms. The van der Waals surface area contributed by atoms with Gasteiger partial charge in [-0.15, -0.1) is 36.4 Å². The number of amides is 1. The SMILES string of the molecule is CC1(C(=O)N2CCN(S(=O)(=O)c3ccc(OC(F)(F)F)cc3)CC2)CC1(Cl)Cl. The fraction of sp³-hybridized carbons (Fsp3) is 0.562. The Labute approximate surface area is 170 Å². The molecule has 2 fully saturated rings. The largest absolute Gasteiger partial charge is 0.573 e. The molecule has 1 aliphatic carbocycles. The molecule has 3 rings (SSSR count). The Morgan fingerprint density at radius 1 is 1.11 bits per heavy atom. The molecule has 1 saturated carbocycles. The van der Waals surface area contributed by atoms with E-state index in [2.05, 4.69) is 4.74 Å². The first-order chi connectivity index (χ1) is 12.8. The number of ether oxygens (including phenoxy) is 1. The van der Waals surface area contributed by atoms with E-state index in [9.17, 15) is 26.4 Å². The highest BCUT2D eigenvalue weighted by Gasteiger charge is 2.68. The van der Waals surface area contributed by atoms with Gasteiger partial charge in [0.25, 0.3) is 0 Å². The predicted octanol–water partition coefficient (Wildman–Crippen LogP) is 3.00. The summed E-state index contributed by atoms with van der Waals surface area (Å²) in [5.41, 5.74) is -0.870. The van der Waals surface area contributed by atoms with Crippen LogP contribution in [0.1, 0.15) is 13.3 Å². The van der Waals surface area contributed by atoms with Gasteiger partial charge in [0, 0.05) is 26.2 Å². The van der Waals surface area contributed by atoms with E-state index in [0.717, 1.165) is 24.3 Å². The van der Waals surface area contributed by atoms with Crippen molar-refractivity contribution in [2.24, 2.45) is 5.41 Å². The van der Waals surface area contributed by atoms with E-state index in [-0.39, 0.29) is 37.0 Å². The second-order valence-corrected chi connectivity index (χ2v) is 10.4. The molecule has 1 aromatic carbocycles. The van der Waals surface area contributed by atoms with Gasteiger partial charge in [-0.05, 0) is 37.6 Å². The average Bonchev–Trinajstić information content (AvgIpc) is 3.12. The highest BCUT2D eigenvalue weighted by molar-refractivity contribution is 7.89. The summed E-state index contributed by atoms with van der Waals surface area (Å²) in [6.45, 7) is 2.13. The number of sulfonamides is 1. The summed E-state index contributed by atoms with van der Waals surface area (Å²) in [6, 6.07) is 3.98. The maximum absolute atomic E-state index is 12.7. The minimum Gasteiger partial charge on any atom is -0.406 e. The van der Waals surface area contributed by atoms with E-state index < -0.39 is 31.9 Å². The number of alkyl halides is 5. The molecular formula is C16H17Cl2F3N2O4S. The summed E-state index contributed by atoms with van der Waals surface area (Å²) in [5, 5.41) is 0. The standard InChI is InChI=1S/C16H17Cl2F3N2O4S/c1-14(10-15(14,17)18)13(24)22-6-8-23(9-7-22)28(25,26)12-4-2-11(3-5-12)27-16(19,20)21/h2-5H,6-10H2,1H3. The van der Waals surface area contributed by atoms with Crippen molar-refractivity contribution in [3.63, 3.8) is 0 Å². The number of hydrogen-bond donors (Lipinski definition) is 0. The zero-order chi connectivity index (χ0) is 21.0. The van der Waals surface area contributed by atoms with Crippen LogP contribution in [-0.4, -0.2) is 60.4 Å². The summed E-state index contributed by atoms with van der Waals surface area (Å²) in [5.74, 6) is -0.728. The third kappa shape index (κ3) is 4.05. The number of carbonyl (C=O) groups is 1.